The smallest absolute Gasteiger partial charge is 0.147 e. The third-order valence-corrected chi connectivity index (χ3v) is 6.06. The molecule has 7 nitrogen and oxygen atoms in total. The van der Waals surface area contributed by atoms with Gasteiger partial charge in [0.25, 0.3) is 0 Å². The van der Waals surface area contributed by atoms with E-state index in [1.54, 1.807) is 12.4 Å². The predicted octanol–water partition coefficient (Wildman–Crippen LogP) is 2.51. The van der Waals surface area contributed by atoms with Crippen LogP contribution in [0.1, 0.15) is 34.8 Å². The molecule has 2 aromatic heterocycles. The van der Waals surface area contributed by atoms with Crippen molar-refractivity contribution in [1.82, 2.24) is 24.6 Å². The highest BCUT2D eigenvalue weighted by Crippen LogP contribution is 2.30. The standard InChI is InChI=1S/C23H30N6O/c1-18-21(14-26-27(18)2)16-28-11-12-29(23-15-24-9-10-25-23)17-22(28)20-7-5-19(6-8-20)4-3-13-30/h5-10,14-15,22,30H,3-4,11-13,16-17H2,1-2H3. The lowest BCUT2D eigenvalue weighted by Gasteiger charge is -2.42. The molecule has 1 saturated heterocycles. The van der Waals surface area contributed by atoms with E-state index in [1.807, 2.05) is 24.1 Å². The number of benzene rings is 1. The first-order chi connectivity index (χ1) is 14.7. The quantitative estimate of drug-likeness (QED) is 0.650. The molecule has 3 heterocycles. The van der Waals surface area contributed by atoms with Gasteiger partial charge in [-0.25, -0.2) is 4.98 Å². The fourth-order valence-electron chi connectivity index (χ4n) is 4.10. The molecule has 1 fully saturated rings. The van der Waals surface area contributed by atoms with Gasteiger partial charge in [-0.3, -0.25) is 14.6 Å². The molecule has 1 aliphatic rings. The number of hydrogen-bond donors (Lipinski definition) is 1. The zero-order valence-corrected chi connectivity index (χ0v) is 17.8. The molecule has 1 aromatic carbocycles. The van der Waals surface area contributed by atoms with Crippen molar-refractivity contribution in [2.45, 2.75) is 32.4 Å². The molecule has 0 amide bonds. The maximum atomic E-state index is 9.09. The van der Waals surface area contributed by atoms with Crippen molar-refractivity contribution >= 4 is 5.82 Å². The van der Waals surface area contributed by atoms with Crippen molar-refractivity contribution in [3.63, 3.8) is 0 Å². The van der Waals surface area contributed by atoms with Crippen LogP contribution in [0.2, 0.25) is 0 Å². The molecule has 0 spiro atoms. The summed E-state index contributed by atoms with van der Waals surface area (Å²) in [5.74, 6) is 0.930. The fourth-order valence-corrected chi connectivity index (χ4v) is 4.10. The van der Waals surface area contributed by atoms with E-state index < -0.39 is 0 Å². The van der Waals surface area contributed by atoms with E-state index in [4.69, 9.17) is 5.11 Å². The lowest BCUT2D eigenvalue weighted by molar-refractivity contribution is 0.168. The number of nitrogens with zero attached hydrogens (tertiary/aromatic N) is 6. The van der Waals surface area contributed by atoms with Gasteiger partial charge in [0, 0.05) is 63.5 Å². The molecule has 1 N–H and O–H groups in total. The largest absolute Gasteiger partial charge is 0.396 e. The Kier molecular flexibility index (Phi) is 6.40. The number of rotatable bonds is 7. The van der Waals surface area contributed by atoms with Gasteiger partial charge in [0.2, 0.25) is 0 Å². The number of aryl methyl sites for hydroxylation is 2. The zero-order chi connectivity index (χ0) is 20.9. The SMILES string of the molecule is Cc1c(CN2CCN(c3cnccn3)CC2c2ccc(CCCO)cc2)cnn1C. The average Bonchev–Trinajstić information content (AvgIpc) is 3.11. The molecule has 0 radical (unpaired) electrons. The number of anilines is 1. The van der Waals surface area contributed by atoms with E-state index in [2.05, 4.69) is 56.1 Å². The molecule has 30 heavy (non-hydrogen) atoms. The van der Waals surface area contributed by atoms with Gasteiger partial charge in [0.1, 0.15) is 5.82 Å². The monoisotopic (exact) mass is 406 g/mol. The first-order valence-corrected chi connectivity index (χ1v) is 10.6. The molecular formula is C23H30N6O. The molecule has 1 aliphatic heterocycles. The van der Waals surface area contributed by atoms with E-state index in [0.717, 1.165) is 44.8 Å². The maximum absolute atomic E-state index is 9.09. The lowest BCUT2D eigenvalue weighted by atomic mass is 9.99. The summed E-state index contributed by atoms with van der Waals surface area (Å²) < 4.78 is 1.94. The van der Waals surface area contributed by atoms with Crippen LogP contribution < -0.4 is 4.90 Å². The van der Waals surface area contributed by atoms with Gasteiger partial charge in [0.05, 0.1) is 18.4 Å². The fraction of sp³-hybridized carbons (Fsp3) is 0.435. The van der Waals surface area contributed by atoms with Crippen LogP contribution in [0.25, 0.3) is 0 Å². The maximum Gasteiger partial charge on any atom is 0.147 e. The number of hydrogen-bond acceptors (Lipinski definition) is 6. The van der Waals surface area contributed by atoms with Crippen molar-refractivity contribution < 1.29 is 5.11 Å². The van der Waals surface area contributed by atoms with Crippen LogP contribution in [-0.2, 0) is 20.0 Å². The number of piperazine rings is 1. The van der Waals surface area contributed by atoms with E-state index in [-0.39, 0.29) is 12.6 Å². The first-order valence-electron chi connectivity index (χ1n) is 10.6. The summed E-state index contributed by atoms with van der Waals surface area (Å²) in [7, 11) is 1.99. The second-order valence-corrected chi connectivity index (χ2v) is 7.94. The number of aliphatic hydroxyl groups is 1. The third-order valence-electron chi connectivity index (χ3n) is 6.06. The minimum Gasteiger partial charge on any atom is -0.396 e. The second-order valence-electron chi connectivity index (χ2n) is 7.94. The summed E-state index contributed by atoms with van der Waals surface area (Å²) >= 11 is 0. The van der Waals surface area contributed by atoms with Gasteiger partial charge >= 0.3 is 0 Å². The second kappa shape index (κ2) is 9.36. The average molecular weight is 407 g/mol. The summed E-state index contributed by atoms with van der Waals surface area (Å²) in [6, 6.07) is 9.12. The van der Waals surface area contributed by atoms with Crippen molar-refractivity contribution in [2.24, 2.45) is 7.05 Å². The topological polar surface area (TPSA) is 70.3 Å². The van der Waals surface area contributed by atoms with Crippen molar-refractivity contribution in [2.75, 3.05) is 31.1 Å². The zero-order valence-electron chi connectivity index (χ0n) is 17.8. The van der Waals surface area contributed by atoms with E-state index >= 15 is 0 Å². The molecule has 158 valence electrons. The molecule has 0 aliphatic carbocycles. The lowest BCUT2D eigenvalue weighted by Crippen LogP contribution is -2.48. The summed E-state index contributed by atoms with van der Waals surface area (Å²) in [5.41, 5.74) is 5.06. The van der Waals surface area contributed by atoms with Gasteiger partial charge in [-0.15, -0.1) is 0 Å². The predicted molar refractivity (Wildman–Crippen MR) is 117 cm³/mol. The first kappa shape index (κ1) is 20.5. The summed E-state index contributed by atoms with van der Waals surface area (Å²) in [5, 5.41) is 13.5. The molecule has 3 aromatic rings. The van der Waals surface area contributed by atoms with E-state index in [1.165, 1.54) is 22.4 Å². The Balaban J connectivity index is 1.58. The molecule has 1 unspecified atom stereocenters. The Labute approximate surface area is 178 Å². The van der Waals surface area contributed by atoms with Gasteiger partial charge < -0.3 is 10.0 Å². The molecule has 4 rings (SSSR count). The van der Waals surface area contributed by atoms with Crippen LogP contribution in [0.5, 0.6) is 0 Å². The van der Waals surface area contributed by atoms with Crippen LogP contribution in [0, 0.1) is 6.92 Å². The van der Waals surface area contributed by atoms with Gasteiger partial charge in [-0.05, 0) is 30.9 Å². The van der Waals surface area contributed by atoms with E-state index in [9.17, 15) is 0 Å². The minimum absolute atomic E-state index is 0.232. The van der Waals surface area contributed by atoms with Crippen LogP contribution >= 0.6 is 0 Å². The number of aromatic nitrogens is 4. The van der Waals surface area contributed by atoms with Crippen LogP contribution in [0.3, 0.4) is 0 Å². The van der Waals surface area contributed by atoms with Crippen LogP contribution in [-0.4, -0.2) is 56.0 Å². The summed E-state index contributed by atoms with van der Waals surface area (Å²) in [6.45, 7) is 5.97. The summed E-state index contributed by atoms with van der Waals surface area (Å²) in [6.07, 6.45) is 9.01. The highest BCUT2D eigenvalue weighted by atomic mass is 16.2. The Morgan fingerprint density at radius 1 is 1.10 bits per heavy atom. The molecule has 0 bridgehead atoms. The summed E-state index contributed by atoms with van der Waals surface area (Å²) in [4.78, 5) is 13.6. The third kappa shape index (κ3) is 4.52. The Morgan fingerprint density at radius 2 is 1.93 bits per heavy atom. The van der Waals surface area contributed by atoms with Crippen molar-refractivity contribution in [1.29, 1.82) is 0 Å². The molecule has 7 heteroatoms. The highest BCUT2D eigenvalue weighted by Gasteiger charge is 2.29. The van der Waals surface area contributed by atoms with E-state index in [0.29, 0.717) is 0 Å². The van der Waals surface area contributed by atoms with Crippen LogP contribution in [0.4, 0.5) is 5.82 Å². The minimum atomic E-state index is 0.232. The van der Waals surface area contributed by atoms with Gasteiger partial charge in [0.15, 0.2) is 0 Å². The Hall–Kier alpha value is -2.77. The van der Waals surface area contributed by atoms with Gasteiger partial charge in [-0.2, -0.15) is 5.10 Å². The Morgan fingerprint density at radius 3 is 2.60 bits per heavy atom. The molecule has 0 saturated carbocycles. The highest BCUT2D eigenvalue weighted by molar-refractivity contribution is 5.38. The molecular weight excluding hydrogens is 376 g/mol. The number of aliphatic hydroxyl groups excluding tert-OH is 1. The van der Waals surface area contributed by atoms with Crippen molar-refractivity contribution in [3.8, 4) is 0 Å². The van der Waals surface area contributed by atoms with Crippen LogP contribution in [0.15, 0.2) is 49.1 Å². The molecule has 1 atom stereocenters. The normalized spacial score (nSPS) is 17.4. The van der Waals surface area contributed by atoms with Crippen molar-refractivity contribution in [3.05, 3.63) is 71.4 Å². The Bertz CT molecular complexity index is 940. The van der Waals surface area contributed by atoms with Gasteiger partial charge in [-0.1, -0.05) is 24.3 Å².